The molecule has 1 N–H and O–H groups in total. The molecule has 2 atom stereocenters. The number of halogens is 2. The average Bonchev–Trinajstić information content (AvgIpc) is 2.55. The van der Waals surface area contributed by atoms with Crippen LogP contribution in [0, 0.1) is 5.92 Å². The first-order valence-electron chi connectivity index (χ1n) is 8.09. The van der Waals surface area contributed by atoms with Crippen LogP contribution in [0.15, 0.2) is 24.3 Å². The SMILES string of the molecule is CC(CN(C)C1CCCN(c2ccc(OC(F)F)cc2)C1=O)C(=O)O. The van der Waals surface area contributed by atoms with Gasteiger partial charge in [0.15, 0.2) is 0 Å². The third kappa shape index (κ3) is 4.88. The third-order valence-electron chi connectivity index (χ3n) is 4.30. The van der Waals surface area contributed by atoms with E-state index >= 15 is 0 Å². The Morgan fingerprint density at radius 2 is 2.04 bits per heavy atom. The van der Waals surface area contributed by atoms with E-state index in [9.17, 15) is 18.4 Å². The average molecular weight is 356 g/mol. The summed E-state index contributed by atoms with van der Waals surface area (Å²) in [6.45, 7) is -0.476. The maximum atomic E-state index is 12.8. The monoisotopic (exact) mass is 356 g/mol. The first kappa shape index (κ1) is 19.1. The molecule has 1 aliphatic heterocycles. The van der Waals surface area contributed by atoms with E-state index in [2.05, 4.69) is 4.74 Å². The first-order valence-corrected chi connectivity index (χ1v) is 8.09. The molecule has 0 aromatic heterocycles. The number of alkyl halides is 2. The van der Waals surface area contributed by atoms with E-state index < -0.39 is 24.5 Å². The van der Waals surface area contributed by atoms with E-state index in [4.69, 9.17) is 5.11 Å². The van der Waals surface area contributed by atoms with Crippen LogP contribution in [0.3, 0.4) is 0 Å². The summed E-state index contributed by atoms with van der Waals surface area (Å²) in [5.41, 5.74) is 0.607. The van der Waals surface area contributed by atoms with Crippen molar-refractivity contribution in [3.63, 3.8) is 0 Å². The molecule has 0 bridgehead atoms. The summed E-state index contributed by atoms with van der Waals surface area (Å²) in [5, 5.41) is 9.03. The second kappa shape index (κ2) is 8.24. The number of carbonyl (C=O) groups is 2. The van der Waals surface area contributed by atoms with E-state index in [0.717, 1.165) is 6.42 Å². The van der Waals surface area contributed by atoms with Crippen LogP contribution in [-0.2, 0) is 9.59 Å². The largest absolute Gasteiger partial charge is 0.481 e. The predicted molar refractivity (Wildman–Crippen MR) is 87.9 cm³/mol. The second-order valence-corrected chi connectivity index (χ2v) is 6.20. The van der Waals surface area contributed by atoms with Gasteiger partial charge >= 0.3 is 12.6 Å². The highest BCUT2D eigenvalue weighted by molar-refractivity contribution is 5.98. The molecule has 1 saturated heterocycles. The Hall–Kier alpha value is -2.22. The second-order valence-electron chi connectivity index (χ2n) is 6.20. The number of carboxylic acid groups (broad SMARTS) is 1. The summed E-state index contributed by atoms with van der Waals surface area (Å²) in [6.07, 6.45) is 1.43. The lowest BCUT2D eigenvalue weighted by atomic mass is 10.0. The number of hydrogen-bond acceptors (Lipinski definition) is 4. The van der Waals surface area contributed by atoms with Gasteiger partial charge in [-0.3, -0.25) is 14.5 Å². The summed E-state index contributed by atoms with van der Waals surface area (Å²) < 4.78 is 28.7. The highest BCUT2D eigenvalue weighted by Gasteiger charge is 2.33. The standard InChI is InChI=1S/C17H22F2N2O4/c1-11(16(23)24)10-20(2)14-4-3-9-21(15(14)22)12-5-7-13(8-6-12)25-17(18)19/h5-8,11,14,17H,3-4,9-10H2,1-2H3,(H,23,24). The fourth-order valence-electron chi connectivity index (χ4n) is 2.97. The molecule has 0 aliphatic carbocycles. The minimum absolute atomic E-state index is 0.0344. The van der Waals surface area contributed by atoms with Crippen LogP contribution in [0.1, 0.15) is 19.8 Å². The molecule has 0 spiro atoms. The molecule has 138 valence electrons. The van der Waals surface area contributed by atoms with Gasteiger partial charge in [-0.2, -0.15) is 8.78 Å². The van der Waals surface area contributed by atoms with Gasteiger partial charge in [-0.1, -0.05) is 6.92 Å². The molecule has 0 saturated carbocycles. The number of carbonyl (C=O) groups excluding carboxylic acids is 1. The molecular weight excluding hydrogens is 334 g/mol. The van der Waals surface area contributed by atoms with E-state index in [1.807, 2.05) is 0 Å². The molecule has 1 heterocycles. The molecule has 25 heavy (non-hydrogen) atoms. The van der Waals surface area contributed by atoms with Crippen molar-refractivity contribution >= 4 is 17.6 Å². The van der Waals surface area contributed by atoms with E-state index in [1.54, 1.807) is 35.9 Å². The van der Waals surface area contributed by atoms with Crippen LogP contribution in [0.4, 0.5) is 14.5 Å². The van der Waals surface area contributed by atoms with E-state index in [1.165, 1.54) is 12.1 Å². The fraction of sp³-hybridized carbons (Fsp3) is 0.529. The van der Waals surface area contributed by atoms with Crippen LogP contribution < -0.4 is 9.64 Å². The third-order valence-corrected chi connectivity index (χ3v) is 4.30. The van der Waals surface area contributed by atoms with E-state index in [-0.39, 0.29) is 18.2 Å². The quantitative estimate of drug-likeness (QED) is 0.813. The Labute approximate surface area is 145 Å². The fourth-order valence-corrected chi connectivity index (χ4v) is 2.97. The van der Waals surface area contributed by atoms with Gasteiger partial charge in [0.1, 0.15) is 5.75 Å². The highest BCUT2D eigenvalue weighted by atomic mass is 19.3. The number of rotatable bonds is 7. The van der Waals surface area contributed by atoms with E-state index in [0.29, 0.717) is 18.7 Å². The maximum Gasteiger partial charge on any atom is 0.387 e. The highest BCUT2D eigenvalue weighted by Crippen LogP contribution is 2.26. The molecule has 6 nitrogen and oxygen atoms in total. The molecule has 8 heteroatoms. The minimum atomic E-state index is -2.89. The number of likely N-dealkylation sites (N-methyl/N-ethyl adjacent to an activating group) is 1. The molecule has 1 aromatic rings. The lowest BCUT2D eigenvalue weighted by molar-refractivity contribution is -0.142. The summed E-state index contributed by atoms with van der Waals surface area (Å²) in [6, 6.07) is 5.53. The molecule has 1 amide bonds. The van der Waals surface area contributed by atoms with Gasteiger partial charge in [0.05, 0.1) is 12.0 Å². The van der Waals surface area contributed by atoms with Gasteiger partial charge in [0, 0.05) is 18.8 Å². The zero-order valence-corrected chi connectivity index (χ0v) is 14.2. The topological polar surface area (TPSA) is 70.1 Å². The van der Waals surface area contributed by atoms with Gasteiger partial charge in [0.2, 0.25) is 5.91 Å². The minimum Gasteiger partial charge on any atom is -0.481 e. The smallest absolute Gasteiger partial charge is 0.387 e. The summed E-state index contributed by atoms with van der Waals surface area (Å²) >= 11 is 0. The van der Waals surface area contributed by atoms with Crippen LogP contribution >= 0.6 is 0 Å². The Morgan fingerprint density at radius 3 is 2.60 bits per heavy atom. The Balaban J connectivity index is 2.07. The van der Waals surface area contributed by atoms with Crippen molar-refractivity contribution in [1.29, 1.82) is 0 Å². The van der Waals surface area contributed by atoms with Crippen molar-refractivity contribution in [2.24, 2.45) is 5.92 Å². The van der Waals surface area contributed by atoms with Gasteiger partial charge in [-0.15, -0.1) is 0 Å². The van der Waals surface area contributed by atoms with Crippen LogP contribution in [-0.4, -0.2) is 54.7 Å². The normalized spacial score (nSPS) is 19.4. The van der Waals surface area contributed by atoms with Crippen molar-refractivity contribution in [3.8, 4) is 5.75 Å². The maximum absolute atomic E-state index is 12.8. The van der Waals surface area contributed by atoms with Crippen molar-refractivity contribution in [1.82, 2.24) is 4.90 Å². The van der Waals surface area contributed by atoms with Gasteiger partial charge in [-0.05, 0) is 44.2 Å². The first-order chi connectivity index (χ1) is 11.8. The molecule has 1 aliphatic rings. The van der Waals surface area contributed by atoms with Crippen molar-refractivity contribution in [2.45, 2.75) is 32.4 Å². The number of nitrogens with zero attached hydrogens (tertiary/aromatic N) is 2. The lowest BCUT2D eigenvalue weighted by Crippen LogP contribution is -2.52. The summed E-state index contributed by atoms with van der Waals surface area (Å²) in [5.74, 6) is -1.55. The zero-order chi connectivity index (χ0) is 18.6. The van der Waals surface area contributed by atoms with Crippen molar-refractivity contribution in [3.05, 3.63) is 24.3 Å². The van der Waals surface area contributed by atoms with Crippen molar-refractivity contribution in [2.75, 3.05) is 25.0 Å². The number of benzene rings is 1. The number of piperidine rings is 1. The van der Waals surface area contributed by atoms with Crippen LogP contribution in [0.2, 0.25) is 0 Å². The molecule has 0 radical (unpaired) electrons. The van der Waals surface area contributed by atoms with Gasteiger partial charge < -0.3 is 14.7 Å². The summed E-state index contributed by atoms with van der Waals surface area (Å²) in [4.78, 5) is 27.1. The lowest BCUT2D eigenvalue weighted by Gasteiger charge is -2.37. The Bertz CT molecular complexity index is 609. The molecule has 2 unspecified atom stereocenters. The predicted octanol–water partition coefficient (Wildman–Crippen LogP) is 2.44. The molecule has 2 rings (SSSR count). The number of anilines is 1. The molecular formula is C17H22F2N2O4. The number of ether oxygens (including phenoxy) is 1. The molecule has 1 fully saturated rings. The zero-order valence-electron chi connectivity index (χ0n) is 14.2. The van der Waals surface area contributed by atoms with Crippen LogP contribution in [0.5, 0.6) is 5.75 Å². The summed E-state index contributed by atoms with van der Waals surface area (Å²) in [7, 11) is 1.74. The van der Waals surface area contributed by atoms with Crippen LogP contribution in [0.25, 0.3) is 0 Å². The number of aliphatic carboxylic acids is 1. The Kier molecular flexibility index (Phi) is 6.30. The van der Waals surface area contributed by atoms with Crippen molar-refractivity contribution < 1.29 is 28.2 Å². The number of amides is 1. The van der Waals surface area contributed by atoms with Gasteiger partial charge in [-0.25, -0.2) is 0 Å². The van der Waals surface area contributed by atoms with Gasteiger partial charge in [0.25, 0.3) is 0 Å². The molecule has 1 aromatic carbocycles. The Morgan fingerprint density at radius 1 is 1.40 bits per heavy atom. The number of carboxylic acids is 1. The number of hydrogen-bond donors (Lipinski definition) is 1.